The summed E-state index contributed by atoms with van der Waals surface area (Å²) in [4.78, 5) is 16.7. The highest BCUT2D eigenvalue weighted by atomic mass is 16.5. The van der Waals surface area contributed by atoms with Gasteiger partial charge in [-0.1, -0.05) is 65.8 Å². The number of rotatable bonds is 7. The van der Waals surface area contributed by atoms with E-state index in [1.165, 1.54) is 0 Å². The van der Waals surface area contributed by atoms with E-state index < -0.39 is 0 Å². The second kappa shape index (κ2) is 9.05. The molecular formula is C24H21N3O3. The van der Waals surface area contributed by atoms with Crippen LogP contribution in [0.5, 0.6) is 5.75 Å². The highest BCUT2D eigenvalue weighted by Gasteiger charge is 2.16. The number of nitrogens with one attached hydrogen (secondary N) is 1. The summed E-state index contributed by atoms with van der Waals surface area (Å²) in [6, 6.07) is 24.9. The average molecular weight is 399 g/mol. The number of aromatic nitrogens is 2. The molecule has 1 aromatic heterocycles. The summed E-state index contributed by atoms with van der Waals surface area (Å²) in [5.74, 6) is 1.17. The largest absolute Gasteiger partial charge is 0.483 e. The first kappa shape index (κ1) is 19.4. The van der Waals surface area contributed by atoms with E-state index in [1.54, 1.807) is 6.07 Å². The second-order valence-electron chi connectivity index (χ2n) is 6.79. The average Bonchev–Trinajstić information content (AvgIpc) is 3.27. The van der Waals surface area contributed by atoms with Crippen LogP contribution >= 0.6 is 0 Å². The van der Waals surface area contributed by atoms with Crippen LogP contribution < -0.4 is 10.1 Å². The monoisotopic (exact) mass is 399 g/mol. The van der Waals surface area contributed by atoms with E-state index in [9.17, 15) is 4.79 Å². The van der Waals surface area contributed by atoms with E-state index in [-0.39, 0.29) is 12.5 Å². The molecule has 0 aliphatic heterocycles. The molecule has 0 spiro atoms. The van der Waals surface area contributed by atoms with Crippen LogP contribution in [-0.4, -0.2) is 22.7 Å². The molecule has 0 fully saturated rings. The number of hydrogen-bond acceptors (Lipinski definition) is 5. The Hall–Kier alpha value is -3.93. The summed E-state index contributed by atoms with van der Waals surface area (Å²) in [7, 11) is 0. The first-order valence-electron chi connectivity index (χ1n) is 9.63. The molecule has 1 heterocycles. The fourth-order valence-corrected chi connectivity index (χ4v) is 3.02. The third-order valence-corrected chi connectivity index (χ3v) is 4.62. The Labute approximate surface area is 174 Å². The summed E-state index contributed by atoms with van der Waals surface area (Å²) in [5.41, 5.74) is 3.63. The lowest BCUT2D eigenvalue weighted by molar-refractivity contribution is -0.123. The summed E-state index contributed by atoms with van der Waals surface area (Å²) in [6.07, 6.45) is 0. The topological polar surface area (TPSA) is 77.2 Å². The van der Waals surface area contributed by atoms with Crippen molar-refractivity contribution in [1.82, 2.24) is 15.5 Å². The van der Waals surface area contributed by atoms with Gasteiger partial charge in [-0.05, 0) is 36.2 Å². The maximum absolute atomic E-state index is 12.2. The van der Waals surface area contributed by atoms with Crippen LogP contribution in [0, 0.1) is 6.92 Å². The van der Waals surface area contributed by atoms with Crippen molar-refractivity contribution in [2.75, 3.05) is 6.61 Å². The van der Waals surface area contributed by atoms with Crippen molar-refractivity contribution < 1.29 is 14.1 Å². The zero-order chi connectivity index (χ0) is 20.8. The van der Waals surface area contributed by atoms with Gasteiger partial charge in [0, 0.05) is 12.1 Å². The molecule has 6 nitrogen and oxygen atoms in total. The first-order valence-corrected chi connectivity index (χ1v) is 9.63. The second-order valence-corrected chi connectivity index (χ2v) is 6.79. The number of amides is 1. The van der Waals surface area contributed by atoms with E-state index in [0.717, 1.165) is 16.7 Å². The molecule has 0 aliphatic rings. The zero-order valence-corrected chi connectivity index (χ0v) is 16.5. The van der Waals surface area contributed by atoms with Crippen LogP contribution in [0.3, 0.4) is 0 Å². The predicted molar refractivity (Wildman–Crippen MR) is 114 cm³/mol. The Balaban J connectivity index is 1.44. The van der Waals surface area contributed by atoms with E-state index in [2.05, 4.69) is 15.5 Å². The van der Waals surface area contributed by atoms with Crippen molar-refractivity contribution in [2.45, 2.75) is 13.5 Å². The molecule has 4 rings (SSSR count). The third kappa shape index (κ3) is 4.55. The first-order chi connectivity index (χ1) is 14.7. The Morgan fingerprint density at radius 1 is 0.933 bits per heavy atom. The molecule has 0 atom stereocenters. The molecule has 6 heteroatoms. The Bertz CT molecular complexity index is 1140. The van der Waals surface area contributed by atoms with Gasteiger partial charge in [0.15, 0.2) is 6.61 Å². The lowest BCUT2D eigenvalue weighted by Gasteiger charge is -2.10. The molecule has 0 aliphatic carbocycles. The number of carbonyl (C=O) groups is 1. The SMILES string of the molecule is Cc1ccccc1-c1nc(-c2ccccc2OCC(=O)NCc2ccccc2)no1. The van der Waals surface area contributed by atoms with Crippen LogP contribution in [-0.2, 0) is 11.3 Å². The van der Waals surface area contributed by atoms with Crippen molar-refractivity contribution >= 4 is 5.91 Å². The van der Waals surface area contributed by atoms with E-state index >= 15 is 0 Å². The normalized spacial score (nSPS) is 10.6. The van der Waals surface area contributed by atoms with Gasteiger partial charge in [0.2, 0.25) is 5.82 Å². The quantitative estimate of drug-likeness (QED) is 0.498. The fraction of sp³-hybridized carbons (Fsp3) is 0.125. The lowest BCUT2D eigenvalue weighted by Crippen LogP contribution is -2.28. The third-order valence-electron chi connectivity index (χ3n) is 4.62. The van der Waals surface area contributed by atoms with E-state index in [0.29, 0.717) is 29.6 Å². The molecule has 150 valence electrons. The van der Waals surface area contributed by atoms with Gasteiger partial charge in [-0.25, -0.2) is 0 Å². The maximum Gasteiger partial charge on any atom is 0.258 e. The van der Waals surface area contributed by atoms with Gasteiger partial charge in [0.05, 0.1) is 5.56 Å². The lowest BCUT2D eigenvalue weighted by atomic mass is 10.1. The number of para-hydroxylation sites is 1. The molecule has 0 radical (unpaired) electrons. The van der Waals surface area contributed by atoms with Crippen LogP contribution in [0.1, 0.15) is 11.1 Å². The van der Waals surface area contributed by atoms with Crippen molar-refractivity contribution in [3.05, 3.63) is 90.0 Å². The van der Waals surface area contributed by atoms with Crippen molar-refractivity contribution in [1.29, 1.82) is 0 Å². The van der Waals surface area contributed by atoms with Crippen LogP contribution in [0.25, 0.3) is 22.8 Å². The smallest absolute Gasteiger partial charge is 0.258 e. The van der Waals surface area contributed by atoms with Crippen molar-refractivity contribution in [3.63, 3.8) is 0 Å². The van der Waals surface area contributed by atoms with Gasteiger partial charge in [-0.2, -0.15) is 4.98 Å². The summed E-state index contributed by atoms with van der Waals surface area (Å²) in [6.45, 7) is 2.34. The minimum atomic E-state index is -0.206. The highest BCUT2D eigenvalue weighted by molar-refractivity contribution is 5.78. The molecular weight excluding hydrogens is 378 g/mol. The standard InChI is InChI=1S/C24H21N3O3/c1-17-9-5-6-12-19(17)24-26-23(27-30-24)20-13-7-8-14-21(20)29-16-22(28)25-15-18-10-3-2-4-11-18/h2-14H,15-16H2,1H3,(H,25,28). The van der Waals surface area contributed by atoms with Crippen LogP contribution in [0.2, 0.25) is 0 Å². The molecule has 0 saturated heterocycles. The van der Waals surface area contributed by atoms with Crippen molar-refractivity contribution in [2.24, 2.45) is 0 Å². The summed E-state index contributed by atoms with van der Waals surface area (Å²) >= 11 is 0. The molecule has 4 aromatic rings. The van der Waals surface area contributed by atoms with Gasteiger partial charge in [-0.15, -0.1) is 0 Å². The Morgan fingerprint density at radius 2 is 1.63 bits per heavy atom. The number of aryl methyl sites for hydroxylation is 1. The molecule has 0 saturated carbocycles. The fourth-order valence-electron chi connectivity index (χ4n) is 3.02. The van der Waals surface area contributed by atoms with Crippen LogP contribution in [0.15, 0.2) is 83.4 Å². The molecule has 0 unspecified atom stereocenters. The van der Waals surface area contributed by atoms with Gasteiger partial charge < -0.3 is 14.6 Å². The Morgan fingerprint density at radius 3 is 2.43 bits per heavy atom. The zero-order valence-electron chi connectivity index (χ0n) is 16.5. The Kier molecular flexibility index (Phi) is 5.85. The van der Waals surface area contributed by atoms with E-state index in [4.69, 9.17) is 9.26 Å². The number of carbonyl (C=O) groups excluding carboxylic acids is 1. The molecule has 3 aromatic carbocycles. The molecule has 1 amide bonds. The number of benzene rings is 3. The number of hydrogen-bond donors (Lipinski definition) is 1. The minimum absolute atomic E-state index is 0.105. The van der Waals surface area contributed by atoms with E-state index in [1.807, 2.05) is 79.7 Å². The predicted octanol–water partition coefficient (Wildman–Crippen LogP) is 4.41. The highest BCUT2D eigenvalue weighted by Crippen LogP contribution is 2.30. The van der Waals surface area contributed by atoms with Gasteiger partial charge in [-0.3, -0.25) is 4.79 Å². The van der Waals surface area contributed by atoms with Gasteiger partial charge in [0.1, 0.15) is 5.75 Å². The maximum atomic E-state index is 12.2. The molecule has 1 N–H and O–H groups in total. The van der Waals surface area contributed by atoms with Gasteiger partial charge >= 0.3 is 0 Å². The number of nitrogens with zero attached hydrogens (tertiary/aromatic N) is 2. The minimum Gasteiger partial charge on any atom is -0.483 e. The van der Waals surface area contributed by atoms with Crippen LogP contribution in [0.4, 0.5) is 0 Å². The molecule has 30 heavy (non-hydrogen) atoms. The summed E-state index contributed by atoms with van der Waals surface area (Å²) < 4.78 is 11.2. The van der Waals surface area contributed by atoms with Gasteiger partial charge in [0.25, 0.3) is 11.8 Å². The summed E-state index contributed by atoms with van der Waals surface area (Å²) in [5, 5.41) is 6.95. The van der Waals surface area contributed by atoms with Crippen molar-refractivity contribution in [3.8, 4) is 28.6 Å². The number of ether oxygens (including phenoxy) is 1. The molecule has 0 bridgehead atoms.